The molecule has 0 aliphatic rings. The molecule has 0 saturated carbocycles. The molecular formula is C13H18BrNO2. The fourth-order valence-corrected chi connectivity index (χ4v) is 2.06. The maximum Gasteiger partial charge on any atom is 0.328 e. The van der Waals surface area contributed by atoms with Gasteiger partial charge in [-0.2, -0.15) is 0 Å². The zero-order chi connectivity index (χ0) is 13.1. The van der Waals surface area contributed by atoms with Gasteiger partial charge in [0.15, 0.2) is 0 Å². The van der Waals surface area contributed by atoms with Crippen LogP contribution in [0.25, 0.3) is 0 Å². The molecule has 0 bridgehead atoms. The fraction of sp³-hybridized carbons (Fsp3) is 0.462. The largest absolute Gasteiger partial charge is 0.480 e. The second-order valence-electron chi connectivity index (χ2n) is 4.39. The van der Waals surface area contributed by atoms with Gasteiger partial charge >= 0.3 is 5.97 Å². The summed E-state index contributed by atoms with van der Waals surface area (Å²) >= 11 is 3.37. The van der Waals surface area contributed by atoms with Crippen molar-refractivity contribution in [2.75, 3.05) is 0 Å². The van der Waals surface area contributed by atoms with Gasteiger partial charge in [-0.25, -0.2) is 4.79 Å². The van der Waals surface area contributed by atoms with Gasteiger partial charge in [-0.3, -0.25) is 5.32 Å². The van der Waals surface area contributed by atoms with Gasteiger partial charge in [0, 0.05) is 10.5 Å². The fourth-order valence-electron chi connectivity index (χ4n) is 1.66. The monoisotopic (exact) mass is 299 g/mol. The van der Waals surface area contributed by atoms with Crippen molar-refractivity contribution in [2.24, 2.45) is 0 Å². The number of hydrogen-bond donors (Lipinski definition) is 2. The van der Waals surface area contributed by atoms with E-state index in [2.05, 4.69) is 21.2 Å². The predicted molar refractivity (Wildman–Crippen MR) is 72.0 cm³/mol. The highest BCUT2D eigenvalue weighted by Crippen LogP contribution is 2.25. The van der Waals surface area contributed by atoms with Crippen LogP contribution in [-0.2, 0) is 10.3 Å². The Morgan fingerprint density at radius 1 is 1.59 bits per heavy atom. The van der Waals surface area contributed by atoms with Crippen LogP contribution in [0.15, 0.2) is 28.7 Å². The smallest absolute Gasteiger partial charge is 0.328 e. The number of halogens is 1. The molecule has 0 heterocycles. The highest BCUT2D eigenvalue weighted by Gasteiger charge is 2.35. The Hall–Kier alpha value is -0.870. The van der Waals surface area contributed by atoms with Crippen LogP contribution < -0.4 is 5.32 Å². The van der Waals surface area contributed by atoms with E-state index in [4.69, 9.17) is 0 Å². The Morgan fingerprint density at radius 2 is 2.24 bits per heavy atom. The van der Waals surface area contributed by atoms with Gasteiger partial charge in [0.05, 0.1) is 0 Å². The van der Waals surface area contributed by atoms with Crippen molar-refractivity contribution >= 4 is 21.9 Å². The topological polar surface area (TPSA) is 49.3 Å². The number of carboxylic acids is 1. The molecule has 0 radical (unpaired) electrons. The summed E-state index contributed by atoms with van der Waals surface area (Å²) in [7, 11) is 0. The molecule has 94 valence electrons. The van der Waals surface area contributed by atoms with Crippen molar-refractivity contribution in [3.8, 4) is 0 Å². The third-order valence-electron chi connectivity index (χ3n) is 2.98. The summed E-state index contributed by atoms with van der Waals surface area (Å²) in [5.41, 5.74) is -0.307. The standard InChI is InChI=1S/C13H18BrNO2/c1-4-9(2)15-13(3,12(16)17)10-6-5-7-11(14)8-10/h5-9,15H,4H2,1-3H3,(H,16,17). The van der Waals surface area contributed by atoms with E-state index in [1.54, 1.807) is 6.92 Å². The average Bonchev–Trinajstić information content (AvgIpc) is 2.28. The Labute approximate surface area is 110 Å². The predicted octanol–water partition coefficient (Wildman–Crippen LogP) is 3.14. The van der Waals surface area contributed by atoms with Crippen LogP contribution in [0.2, 0.25) is 0 Å². The van der Waals surface area contributed by atoms with Crippen LogP contribution in [0.4, 0.5) is 0 Å². The lowest BCUT2D eigenvalue weighted by molar-refractivity contribution is -0.145. The van der Waals surface area contributed by atoms with Gasteiger partial charge in [0.2, 0.25) is 0 Å². The Balaban J connectivity index is 3.11. The summed E-state index contributed by atoms with van der Waals surface area (Å²) < 4.78 is 0.883. The summed E-state index contributed by atoms with van der Waals surface area (Å²) in [6, 6.07) is 7.54. The molecule has 3 nitrogen and oxygen atoms in total. The lowest BCUT2D eigenvalue weighted by Crippen LogP contribution is -2.50. The summed E-state index contributed by atoms with van der Waals surface area (Å²) in [6.45, 7) is 5.71. The van der Waals surface area contributed by atoms with Crippen LogP contribution >= 0.6 is 15.9 Å². The van der Waals surface area contributed by atoms with Gasteiger partial charge in [0.25, 0.3) is 0 Å². The zero-order valence-corrected chi connectivity index (χ0v) is 11.9. The zero-order valence-electron chi connectivity index (χ0n) is 10.3. The quantitative estimate of drug-likeness (QED) is 0.878. The molecule has 0 spiro atoms. The molecular weight excluding hydrogens is 282 g/mol. The molecule has 1 aromatic rings. The Morgan fingerprint density at radius 3 is 2.71 bits per heavy atom. The average molecular weight is 300 g/mol. The number of nitrogens with one attached hydrogen (secondary N) is 1. The van der Waals surface area contributed by atoms with Crippen molar-refractivity contribution in [1.29, 1.82) is 0 Å². The maximum absolute atomic E-state index is 11.5. The highest BCUT2D eigenvalue weighted by molar-refractivity contribution is 9.10. The van der Waals surface area contributed by atoms with E-state index in [9.17, 15) is 9.90 Å². The van der Waals surface area contributed by atoms with Crippen LogP contribution in [-0.4, -0.2) is 17.1 Å². The molecule has 0 fully saturated rings. The van der Waals surface area contributed by atoms with Crippen LogP contribution in [0, 0.1) is 0 Å². The van der Waals surface area contributed by atoms with E-state index in [1.807, 2.05) is 38.1 Å². The third-order valence-corrected chi connectivity index (χ3v) is 3.47. The van der Waals surface area contributed by atoms with Gasteiger partial charge in [-0.15, -0.1) is 0 Å². The Bertz CT molecular complexity index is 408. The normalized spacial score (nSPS) is 16.2. The van der Waals surface area contributed by atoms with Gasteiger partial charge in [-0.05, 0) is 38.0 Å². The van der Waals surface area contributed by atoms with Gasteiger partial charge in [-0.1, -0.05) is 35.0 Å². The van der Waals surface area contributed by atoms with Crippen molar-refractivity contribution in [3.63, 3.8) is 0 Å². The third kappa shape index (κ3) is 3.30. The number of rotatable bonds is 5. The second-order valence-corrected chi connectivity index (χ2v) is 5.31. The molecule has 0 saturated heterocycles. The molecule has 17 heavy (non-hydrogen) atoms. The first kappa shape index (κ1) is 14.2. The summed E-state index contributed by atoms with van der Waals surface area (Å²) in [5, 5.41) is 12.6. The number of carbonyl (C=O) groups is 1. The molecule has 2 atom stereocenters. The van der Waals surface area contributed by atoms with Crippen LogP contribution in [0.1, 0.15) is 32.8 Å². The first-order valence-electron chi connectivity index (χ1n) is 5.67. The van der Waals surface area contributed by atoms with E-state index >= 15 is 0 Å². The SMILES string of the molecule is CCC(C)NC(C)(C(=O)O)c1cccc(Br)c1. The van der Waals surface area contributed by atoms with Crippen LogP contribution in [0.3, 0.4) is 0 Å². The van der Waals surface area contributed by atoms with Gasteiger partial charge < -0.3 is 5.11 Å². The molecule has 0 amide bonds. The molecule has 0 aliphatic carbocycles. The van der Waals surface area contributed by atoms with E-state index in [1.165, 1.54) is 0 Å². The van der Waals surface area contributed by atoms with E-state index in [0.717, 1.165) is 16.5 Å². The Kier molecular flexibility index (Phi) is 4.71. The van der Waals surface area contributed by atoms with Crippen LogP contribution in [0.5, 0.6) is 0 Å². The maximum atomic E-state index is 11.5. The number of aliphatic carboxylic acids is 1. The minimum atomic E-state index is -1.06. The molecule has 4 heteroatoms. The second kappa shape index (κ2) is 5.65. The molecule has 0 aliphatic heterocycles. The lowest BCUT2D eigenvalue weighted by Gasteiger charge is -2.30. The van der Waals surface area contributed by atoms with E-state index in [-0.39, 0.29) is 6.04 Å². The molecule has 1 aromatic carbocycles. The van der Waals surface area contributed by atoms with Crippen molar-refractivity contribution in [3.05, 3.63) is 34.3 Å². The molecule has 0 aromatic heterocycles. The number of carboxylic acid groups (broad SMARTS) is 1. The lowest BCUT2D eigenvalue weighted by atomic mass is 9.91. The summed E-state index contributed by atoms with van der Waals surface area (Å²) in [6.07, 6.45) is 0.886. The molecule has 1 rings (SSSR count). The first-order chi connectivity index (χ1) is 7.90. The molecule has 2 unspecified atom stereocenters. The minimum Gasteiger partial charge on any atom is -0.480 e. The van der Waals surface area contributed by atoms with E-state index < -0.39 is 11.5 Å². The number of benzene rings is 1. The first-order valence-corrected chi connectivity index (χ1v) is 6.46. The van der Waals surface area contributed by atoms with E-state index in [0.29, 0.717) is 0 Å². The van der Waals surface area contributed by atoms with Crippen molar-refractivity contribution in [2.45, 2.75) is 38.8 Å². The molecule has 2 N–H and O–H groups in total. The number of hydrogen-bond acceptors (Lipinski definition) is 2. The minimum absolute atomic E-state index is 0.148. The summed E-state index contributed by atoms with van der Waals surface area (Å²) in [4.78, 5) is 11.5. The highest BCUT2D eigenvalue weighted by atomic mass is 79.9. The van der Waals surface area contributed by atoms with Crippen molar-refractivity contribution < 1.29 is 9.90 Å². The summed E-state index contributed by atoms with van der Waals surface area (Å²) in [5.74, 6) is -0.865. The van der Waals surface area contributed by atoms with Gasteiger partial charge in [0.1, 0.15) is 5.54 Å². The van der Waals surface area contributed by atoms with Crippen molar-refractivity contribution in [1.82, 2.24) is 5.32 Å².